The molecule has 0 N–H and O–H groups in total. The minimum Gasteiger partial charge on any atom is -0.353 e. The number of hydrogen-bond donors (Lipinski definition) is 0. The summed E-state index contributed by atoms with van der Waals surface area (Å²) in [6.07, 6.45) is 9.77. The molecule has 3 aromatic carbocycles. The van der Waals surface area contributed by atoms with Crippen LogP contribution >= 0.6 is 0 Å². The molecule has 0 bridgehead atoms. The molecule has 0 saturated carbocycles. The summed E-state index contributed by atoms with van der Waals surface area (Å²) in [6, 6.07) is 31.7. The van der Waals surface area contributed by atoms with E-state index in [1.807, 2.05) is 6.08 Å². The molecular formula is C28H28O. The molecule has 0 radical (unpaired) electrons. The Labute approximate surface area is 174 Å². The Hall–Kier alpha value is -2.90. The predicted molar refractivity (Wildman–Crippen MR) is 121 cm³/mol. The quantitative estimate of drug-likeness (QED) is 0.320. The second kappa shape index (κ2) is 9.07. The Morgan fingerprint density at radius 2 is 1.24 bits per heavy atom. The van der Waals surface area contributed by atoms with Crippen LogP contribution in [-0.4, -0.2) is 6.10 Å². The molecule has 4 rings (SSSR count). The van der Waals surface area contributed by atoms with Crippen LogP contribution in [0, 0.1) is 5.92 Å². The normalized spacial score (nSPS) is 17.6. The van der Waals surface area contributed by atoms with E-state index in [1.165, 1.54) is 0 Å². The van der Waals surface area contributed by atoms with Crippen LogP contribution in [0.25, 0.3) is 0 Å². The second-order valence-electron chi connectivity index (χ2n) is 7.64. The van der Waals surface area contributed by atoms with E-state index in [0.29, 0.717) is 5.92 Å². The fourth-order valence-electron chi connectivity index (χ4n) is 4.38. The van der Waals surface area contributed by atoms with Gasteiger partial charge in [0.1, 0.15) is 5.60 Å². The monoisotopic (exact) mass is 380 g/mol. The van der Waals surface area contributed by atoms with Gasteiger partial charge in [-0.15, -0.1) is 6.58 Å². The van der Waals surface area contributed by atoms with Gasteiger partial charge >= 0.3 is 0 Å². The van der Waals surface area contributed by atoms with E-state index in [4.69, 9.17) is 4.74 Å². The molecule has 0 spiro atoms. The summed E-state index contributed by atoms with van der Waals surface area (Å²) in [4.78, 5) is 0. The molecule has 1 nitrogen and oxygen atoms in total. The van der Waals surface area contributed by atoms with Crippen LogP contribution in [0.5, 0.6) is 0 Å². The van der Waals surface area contributed by atoms with E-state index in [9.17, 15) is 0 Å². The lowest BCUT2D eigenvalue weighted by molar-refractivity contribution is -0.0516. The standard InChI is InChI=1S/C28H28O/c1-2-27(23-15-7-3-8-16-23)29-28(24-17-9-4-10-18-24,25-19-11-5-12-20-25)26-21-13-6-14-22-26/h2-7,9-14,17-23,27H,1,8,15-16H2. The second-order valence-corrected chi connectivity index (χ2v) is 7.64. The maximum atomic E-state index is 7.13. The average molecular weight is 381 g/mol. The van der Waals surface area contributed by atoms with Crippen LogP contribution in [0.4, 0.5) is 0 Å². The summed E-state index contributed by atoms with van der Waals surface area (Å²) in [5, 5.41) is 0. The van der Waals surface area contributed by atoms with Gasteiger partial charge in [0.05, 0.1) is 6.10 Å². The first-order chi connectivity index (χ1) is 14.3. The van der Waals surface area contributed by atoms with Crippen molar-refractivity contribution in [3.63, 3.8) is 0 Å². The van der Waals surface area contributed by atoms with E-state index in [-0.39, 0.29) is 6.10 Å². The largest absolute Gasteiger partial charge is 0.353 e. The van der Waals surface area contributed by atoms with Crippen LogP contribution in [0.3, 0.4) is 0 Å². The van der Waals surface area contributed by atoms with E-state index in [2.05, 4.69) is 110 Å². The lowest BCUT2D eigenvalue weighted by atomic mass is 9.79. The molecular weight excluding hydrogens is 352 g/mol. The zero-order valence-electron chi connectivity index (χ0n) is 16.8. The Morgan fingerprint density at radius 1 is 0.759 bits per heavy atom. The molecule has 1 aliphatic rings. The third kappa shape index (κ3) is 3.97. The molecule has 0 fully saturated rings. The predicted octanol–water partition coefficient (Wildman–Crippen LogP) is 6.91. The zero-order chi connectivity index (χ0) is 19.9. The molecule has 2 atom stereocenters. The minimum atomic E-state index is -0.691. The van der Waals surface area contributed by atoms with Gasteiger partial charge in [0.25, 0.3) is 0 Å². The highest BCUT2D eigenvalue weighted by molar-refractivity contribution is 5.47. The molecule has 2 unspecified atom stereocenters. The first-order valence-corrected chi connectivity index (χ1v) is 10.5. The Bertz CT molecular complexity index is 831. The number of ether oxygens (including phenoxy) is 1. The highest BCUT2D eigenvalue weighted by atomic mass is 16.5. The van der Waals surface area contributed by atoms with Gasteiger partial charge in [0.2, 0.25) is 0 Å². The molecule has 3 aromatic rings. The molecule has 0 amide bonds. The average Bonchev–Trinajstić information content (AvgIpc) is 2.82. The lowest BCUT2D eigenvalue weighted by Crippen LogP contribution is -2.39. The Morgan fingerprint density at radius 3 is 1.62 bits per heavy atom. The lowest BCUT2D eigenvalue weighted by Gasteiger charge is -2.40. The number of hydrogen-bond acceptors (Lipinski definition) is 1. The van der Waals surface area contributed by atoms with Gasteiger partial charge < -0.3 is 4.74 Å². The fraction of sp³-hybridized carbons (Fsp3) is 0.214. The van der Waals surface area contributed by atoms with Gasteiger partial charge in [-0.2, -0.15) is 0 Å². The number of rotatable bonds is 7. The van der Waals surface area contributed by atoms with Crippen LogP contribution in [0.15, 0.2) is 116 Å². The van der Waals surface area contributed by atoms with Gasteiger partial charge in [0.15, 0.2) is 0 Å². The Kier molecular flexibility index (Phi) is 6.07. The highest BCUT2D eigenvalue weighted by Gasteiger charge is 2.40. The number of benzene rings is 3. The molecule has 0 aromatic heterocycles. The summed E-state index contributed by atoms with van der Waals surface area (Å²) in [7, 11) is 0. The third-order valence-electron chi connectivity index (χ3n) is 5.86. The summed E-state index contributed by atoms with van der Waals surface area (Å²) < 4.78 is 7.13. The zero-order valence-corrected chi connectivity index (χ0v) is 16.8. The molecule has 0 heterocycles. The smallest absolute Gasteiger partial charge is 0.144 e. The summed E-state index contributed by atoms with van der Waals surface area (Å²) in [5.74, 6) is 0.438. The van der Waals surface area contributed by atoms with Crippen LogP contribution in [0.2, 0.25) is 0 Å². The molecule has 0 saturated heterocycles. The van der Waals surface area contributed by atoms with Crippen LogP contribution in [-0.2, 0) is 10.3 Å². The van der Waals surface area contributed by atoms with Gasteiger partial charge in [-0.05, 0) is 41.9 Å². The first kappa shape index (κ1) is 19.4. The molecule has 146 valence electrons. The van der Waals surface area contributed by atoms with E-state index >= 15 is 0 Å². The summed E-state index contributed by atoms with van der Waals surface area (Å²) >= 11 is 0. The maximum Gasteiger partial charge on any atom is 0.144 e. The van der Waals surface area contributed by atoms with Gasteiger partial charge in [-0.1, -0.05) is 109 Å². The van der Waals surface area contributed by atoms with Crippen molar-refractivity contribution in [2.24, 2.45) is 5.92 Å². The maximum absolute atomic E-state index is 7.13. The van der Waals surface area contributed by atoms with Crippen LogP contribution < -0.4 is 0 Å². The van der Waals surface area contributed by atoms with Crippen molar-refractivity contribution in [3.8, 4) is 0 Å². The summed E-state index contributed by atoms with van der Waals surface area (Å²) in [5.41, 5.74) is 2.71. The third-order valence-corrected chi connectivity index (χ3v) is 5.86. The van der Waals surface area contributed by atoms with Crippen molar-refractivity contribution in [1.82, 2.24) is 0 Å². The fourth-order valence-corrected chi connectivity index (χ4v) is 4.38. The van der Waals surface area contributed by atoms with Gasteiger partial charge in [0, 0.05) is 0 Å². The van der Waals surface area contributed by atoms with Crippen molar-refractivity contribution in [2.45, 2.75) is 31.0 Å². The van der Waals surface area contributed by atoms with Crippen molar-refractivity contribution in [3.05, 3.63) is 132 Å². The molecule has 1 aliphatic carbocycles. The summed E-state index contributed by atoms with van der Waals surface area (Å²) in [6.45, 7) is 4.15. The van der Waals surface area contributed by atoms with Gasteiger partial charge in [-0.3, -0.25) is 0 Å². The topological polar surface area (TPSA) is 9.23 Å². The minimum absolute atomic E-state index is 0.0411. The van der Waals surface area contributed by atoms with E-state index in [1.54, 1.807) is 0 Å². The van der Waals surface area contributed by atoms with Crippen molar-refractivity contribution >= 4 is 0 Å². The van der Waals surface area contributed by atoms with Crippen LogP contribution in [0.1, 0.15) is 36.0 Å². The van der Waals surface area contributed by atoms with E-state index in [0.717, 1.165) is 36.0 Å². The number of allylic oxidation sites excluding steroid dienone is 2. The van der Waals surface area contributed by atoms with Crippen molar-refractivity contribution in [2.75, 3.05) is 0 Å². The van der Waals surface area contributed by atoms with E-state index < -0.39 is 5.60 Å². The molecule has 0 aliphatic heterocycles. The molecule has 1 heteroatoms. The molecule has 29 heavy (non-hydrogen) atoms. The van der Waals surface area contributed by atoms with Crippen molar-refractivity contribution in [1.29, 1.82) is 0 Å². The SMILES string of the molecule is C=CC(OC(c1ccccc1)(c1ccccc1)c1ccccc1)C1CC=CCC1. The van der Waals surface area contributed by atoms with Gasteiger partial charge in [-0.25, -0.2) is 0 Å². The first-order valence-electron chi connectivity index (χ1n) is 10.5. The van der Waals surface area contributed by atoms with Crippen molar-refractivity contribution < 1.29 is 4.74 Å². The highest BCUT2D eigenvalue weighted by Crippen LogP contribution is 2.43. The Balaban J connectivity index is 1.90.